The summed E-state index contributed by atoms with van der Waals surface area (Å²) in [4.78, 5) is 0. The minimum atomic E-state index is 0.434. The zero-order chi connectivity index (χ0) is 15.2. The summed E-state index contributed by atoms with van der Waals surface area (Å²) in [5.74, 6) is 1.58. The first kappa shape index (κ1) is 15.7. The molecule has 0 aliphatic heterocycles. The maximum absolute atomic E-state index is 6.24. The number of methoxy groups -OCH3 is 1. The third-order valence-electron chi connectivity index (χ3n) is 3.23. The van der Waals surface area contributed by atoms with Gasteiger partial charge >= 0.3 is 0 Å². The van der Waals surface area contributed by atoms with Crippen molar-refractivity contribution in [2.75, 3.05) is 14.2 Å². The first-order valence-electron chi connectivity index (χ1n) is 6.83. The third-order valence-corrected chi connectivity index (χ3v) is 3.59. The van der Waals surface area contributed by atoms with Crippen molar-refractivity contribution in [3.8, 4) is 11.5 Å². The van der Waals surface area contributed by atoms with Crippen molar-refractivity contribution in [3.05, 3.63) is 58.1 Å². The highest BCUT2D eigenvalue weighted by Crippen LogP contribution is 2.27. The summed E-state index contributed by atoms with van der Waals surface area (Å²) in [7, 11) is 3.55. The molecule has 0 saturated heterocycles. The van der Waals surface area contributed by atoms with Gasteiger partial charge in [-0.3, -0.25) is 0 Å². The average Bonchev–Trinajstić information content (AvgIpc) is 2.48. The minimum Gasteiger partial charge on any atom is -0.497 e. The first-order valence-corrected chi connectivity index (χ1v) is 7.21. The Hall–Kier alpha value is -1.71. The van der Waals surface area contributed by atoms with Crippen molar-refractivity contribution in [1.82, 2.24) is 5.32 Å². The zero-order valence-electron chi connectivity index (χ0n) is 12.6. The van der Waals surface area contributed by atoms with E-state index in [4.69, 9.17) is 21.1 Å². The molecule has 1 N–H and O–H groups in total. The predicted octanol–water partition coefficient (Wildman–Crippen LogP) is 3.96. The average molecular weight is 306 g/mol. The van der Waals surface area contributed by atoms with E-state index in [2.05, 4.69) is 5.32 Å². The molecule has 2 rings (SSSR count). The van der Waals surface area contributed by atoms with E-state index in [9.17, 15) is 0 Å². The van der Waals surface area contributed by atoms with Crippen LogP contribution in [-0.4, -0.2) is 14.2 Å². The summed E-state index contributed by atoms with van der Waals surface area (Å²) in [6.07, 6.45) is 0. The number of halogens is 1. The highest BCUT2D eigenvalue weighted by Gasteiger charge is 2.07. The molecule has 112 valence electrons. The molecule has 2 aromatic carbocycles. The Morgan fingerprint density at radius 3 is 2.52 bits per heavy atom. The first-order chi connectivity index (χ1) is 10.1. The Kier molecular flexibility index (Phi) is 5.48. The van der Waals surface area contributed by atoms with Gasteiger partial charge in [0.25, 0.3) is 0 Å². The van der Waals surface area contributed by atoms with Gasteiger partial charge in [0.2, 0.25) is 0 Å². The zero-order valence-corrected chi connectivity index (χ0v) is 13.3. The van der Waals surface area contributed by atoms with Gasteiger partial charge in [-0.15, -0.1) is 0 Å². The van der Waals surface area contributed by atoms with Crippen LogP contribution in [0, 0.1) is 6.92 Å². The van der Waals surface area contributed by atoms with Crippen LogP contribution in [-0.2, 0) is 13.2 Å². The van der Waals surface area contributed by atoms with E-state index in [0.29, 0.717) is 6.61 Å². The van der Waals surface area contributed by atoms with E-state index in [1.807, 2.05) is 50.4 Å². The van der Waals surface area contributed by atoms with Gasteiger partial charge in [-0.2, -0.15) is 0 Å². The largest absolute Gasteiger partial charge is 0.497 e. The molecule has 0 aromatic heterocycles. The molecular weight excluding hydrogens is 286 g/mol. The van der Waals surface area contributed by atoms with Crippen LogP contribution in [0.4, 0.5) is 0 Å². The summed E-state index contributed by atoms with van der Waals surface area (Å²) in [6.45, 7) is 3.19. The second-order valence-electron chi connectivity index (χ2n) is 4.89. The fourth-order valence-corrected chi connectivity index (χ4v) is 2.35. The molecule has 0 saturated carbocycles. The quantitative estimate of drug-likeness (QED) is 0.876. The van der Waals surface area contributed by atoms with Gasteiger partial charge in [0, 0.05) is 28.8 Å². The van der Waals surface area contributed by atoms with E-state index >= 15 is 0 Å². The summed E-state index contributed by atoms with van der Waals surface area (Å²) in [6, 6.07) is 11.8. The van der Waals surface area contributed by atoms with Gasteiger partial charge in [0.05, 0.1) is 7.11 Å². The standard InChI is InChI=1S/C17H20ClNO2/c1-12-4-5-14(16(18)8-12)11-21-17-9-15(20-3)7-6-13(17)10-19-2/h4-9,19H,10-11H2,1-3H3. The lowest BCUT2D eigenvalue weighted by Gasteiger charge is -2.14. The van der Waals surface area contributed by atoms with E-state index < -0.39 is 0 Å². The molecule has 0 spiro atoms. The van der Waals surface area contributed by atoms with Crippen molar-refractivity contribution in [2.24, 2.45) is 0 Å². The molecule has 0 aliphatic rings. The van der Waals surface area contributed by atoms with Gasteiger partial charge < -0.3 is 14.8 Å². The van der Waals surface area contributed by atoms with Gasteiger partial charge in [-0.25, -0.2) is 0 Å². The number of ether oxygens (including phenoxy) is 2. The van der Waals surface area contributed by atoms with Crippen molar-refractivity contribution in [3.63, 3.8) is 0 Å². The lowest BCUT2D eigenvalue weighted by molar-refractivity contribution is 0.300. The molecule has 4 heteroatoms. The second-order valence-corrected chi connectivity index (χ2v) is 5.29. The maximum atomic E-state index is 6.24. The molecule has 0 aliphatic carbocycles. The summed E-state index contributed by atoms with van der Waals surface area (Å²) in [5.41, 5.74) is 3.20. The number of hydrogen-bond donors (Lipinski definition) is 1. The summed E-state index contributed by atoms with van der Waals surface area (Å²) >= 11 is 6.24. The van der Waals surface area contributed by atoms with E-state index in [0.717, 1.165) is 39.8 Å². The van der Waals surface area contributed by atoms with Gasteiger partial charge in [0.1, 0.15) is 18.1 Å². The van der Waals surface area contributed by atoms with E-state index in [-0.39, 0.29) is 0 Å². The normalized spacial score (nSPS) is 10.5. The molecular formula is C17H20ClNO2. The van der Waals surface area contributed by atoms with Crippen LogP contribution in [0.1, 0.15) is 16.7 Å². The summed E-state index contributed by atoms with van der Waals surface area (Å²) in [5, 5.41) is 3.86. The van der Waals surface area contributed by atoms with E-state index in [1.54, 1.807) is 7.11 Å². The molecule has 21 heavy (non-hydrogen) atoms. The number of nitrogens with one attached hydrogen (secondary N) is 1. The van der Waals surface area contributed by atoms with Crippen LogP contribution in [0.3, 0.4) is 0 Å². The van der Waals surface area contributed by atoms with Gasteiger partial charge in [-0.1, -0.05) is 29.8 Å². The van der Waals surface area contributed by atoms with Crippen LogP contribution < -0.4 is 14.8 Å². The Labute approximate surface area is 130 Å². The predicted molar refractivity (Wildman–Crippen MR) is 86.3 cm³/mol. The smallest absolute Gasteiger partial charge is 0.127 e. The van der Waals surface area contributed by atoms with Crippen LogP contribution in [0.25, 0.3) is 0 Å². The molecule has 0 bridgehead atoms. The summed E-state index contributed by atoms with van der Waals surface area (Å²) < 4.78 is 11.2. The van der Waals surface area contributed by atoms with E-state index in [1.165, 1.54) is 0 Å². The van der Waals surface area contributed by atoms with Crippen molar-refractivity contribution in [1.29, 1.82) is 0 Å². The molecule has 0 heterocycles. The number of aryl methyl sites for hydroxylation is 1. The van der Waals surface area contributed by atoms with Crippen LogP contribution in [0.2, 0.25) is 5.02 Å². The fourth-order valence-electron chi connectivity index (χ4n) is 2.06. The van der Waals surface area contributed by atoms with Crippen LogP contribution in [0.15, 0.2) is 36.4 Å². The maximum Gasteiger partial charge on any atom is 0.127 e. The fraction of sp³-hybridized carbons (Fsp3) is 0.294. The molecule has 0 radical (unpaired) electrons. The van der Waals surface area contributed by atoms with Crippen LogP contribution >= 0.6 is 11.6 Å². The third kappa shape index (κ3) is 4.13. The highest BCUT2D eigenvalue weighted by molar-refractivity contribution is 6.31. The Morgan fingerprint density at radius 2 is 1.86 bits per heavy atom. The van der Waals surface area contributed by atoms with Gasteiger partial charge in [-0.05, 0) is 31.7 Å². The van der Waals surface area contributed by atoms with Crippen molar-refractivity contribution >= 4 is 11.6 Å². The molecule has 0 amide bonds. The minimum absolute atomic E-state index is 0.434. The Morgan fingerprint density at radius 1 is 1.10 bits per heavy atom. The molecule has 0 unspecified atom stereocenters. The Balaban J connectivity index is 2.17. The number of benzene rings is 2. The SMILES string of the molecule is CNCc1ccc(OC)cc1OCc1ccc(C)cc1Cl. The molecule has 2 aromatic rings. The Bertz CT molecular complexity index is 614. The lowest BCUT2D eigenvalue weighted by atomic mass is 10.1. The molecule has 0 fully saturated rings. The highest BCUT2D eigenvalue weighted by atomic mass is 35.5. The monoisotopic (exact) mass is 305 g/mol. The lowest BCUT2D eigenvalue weighted by Crippen LogP contribution is -2.08. The van der Waals surface area contributed by atoms with Crippen molar-refractivity contribution < 1.29 is 9.47 Å². The molecule has 3 nitrogen and oxygen atoms in total. The number of hydrogen-bond acceptors (Lipinski definition) is 3. The van der Waals surface area contributed by atoms with Crippen LogP contribution in [0.5, 0.6) is 11.5 Å². The topological polar surface area (TPSA) is 30.5 Å². The second kappa shape index (κ2) is 7.34. The van der Waals surface area contributed by atoms with Crippen molar-refractivity contribution in [2.45, 2.75) is 20.1 Å². The number of rotatable bonds is 6. The van der Waals surface area contributed by atoms with Gasteiger partial charge in [0.15, 0.2) is 0 Å². The molecule has 0 atom stereocenters.